The van der Waals surface area contributed by atoms with Crippen molar-refractivity contribution in [2.24, 2.45) is 11.3 Å². The number of ether oxygens (including phenoxy) is 1. The number of carbonyl (C=O) groups is 4. The number of piperidine rings is 1. The lowest BCUT2D eigenvalue weighted by atomic mass is 9.67. The number of aliphatic hydroxyl groups is 1. The van der Waals surface area contributed by atoms with Crippen LogP contribution in [0.25, 0.3) is 0 Å². The normalized spacial score (nSPS) is 19.2. The predicted molar refractivity (Wildman–Crippen MR) is 156 cm³/mol. The van der Waals surface area contributed by atoms with E-state index < -0.39 is 35.0 Å². The zero-order valence-electron chi connectivity index (χ0n) is 24.1. The summed E-state index contributed by atoms with van der Waals surface area (Å²) in [6.45, 7) is 9.78. The summed E-state index contributed by atoms with van der Waals surface area (Å²) in [5.74, 6) is -1.17. The van der Waals surface area contributed by atoms with Crippen LogP contribution in [0.4, 0.5) is 10.5 Å². The second kappa shape index (κ2) is 13.5. The van der Waals surface area contributed by atoms with Gasteiger partial charge in [-0.3, -0.25) is 14.6 Å². The van der Waals surface area contributed by atoms with Crippen LogP contribution in [0.3, 0.4) is 0 Å². The zero-order valence-corrected chi connectivity index (χ0v) is 24.9. The molecule has 3 rings (SSSR count). The standard InChI is InChI=1S/C30H39ClN4O6/c1-6-41-26(37)17-32-28(39)33-24-9-7-8-21(16-24)27(38)35(25(18-36)20(2)3)34-15-14-30(40,29(4,5)19-34)22-10-12-23(31)13-11-22/h7-13,16,18,20,25,40H,6,14-15,17,19H2,1-5H3,(H2,32,33,39)/t25-,30-/m0/s1. The molecule has 1 saturated heterocycles. The predicted octanol–water partition coefficient (Wildman–Crippen LogP) is 4.23. The maximum absolute atomic E-state index is 14.0. The zero-order chi connectivity index (χ0) is 30.4. The third-order valence-corrected chi connectivity index (χ3v) is 7.69. The number of nitrogens with zero attached hydrogens (tertiary/aromatic N) is 2. The summed E-state index contributed by atoms with van der Waals surface area (Å²) >= 11 is 6.07. The van der Waals surface area contributed by atoms with Crippen molar-refractivity contribution in [2.75, 3.05) is 31.6 Å². The molecule has 0 bridgehead atoms. The maximum atomic E-state index is 14.0. The second-order valence-electron chi connectivity index (χ2n) is 11.1. The molecule has 0 aliphatic carbocycles. The fourth-order valence-electron chi connectivity index (χ4n) is 5.09. The Morgan fingerprint density at radius 1 is 1.17 bits per heavy atom. The average Bonchev–Trinajstić information content (AvgIpc) is 2.92. The lowest BCUT2D eigenvalue weighted by molar-refractivity contribution is -0.173. The first-order chi connectivity index (χ1) is 19.3. The number of aldehydes is 1. The van der Waals surface area contributed by atoms with E-state index in [0.29, 0.717) is 30.2 Å². The molecule has 0 aromatic heterocycles. The highest BCUT2D eigenvalue weighted by Gasteiger charge is 2.51. The van der Waals surface area contributed by atoms with Gasteiger partial charge in [0, 0.05) is 34.8 Å². The fraction of sp³-hybridized carbons (Fsp3) is 0.467. The van der Waals surface area contributed by atoms with Gasteiger partial charge in [0.25, 0.3) is 5.91 Å². The Labute approximate surface area is 245 Å². The van der Waals surface area contributed by atoms with Crippen LogP contribution in [0.5, 0.6) is 0 Å². The van der Waals surface area contributed by atoms with Crippen molar-refractivity contribution in [3.05, 3.63) is 64.7 Å². The van der Waals surface area contributed by atoms with Gasteiger partial charge in [-0.25, -0.2) is 9.80 Å². The number of esters is 1. The second-order valence-corrected chi connectivity index (χ2v) is 11.5. The maximum Gasteiger partial charge on any atom is 0.325 e. The summed E-state index contributed by atoms with van der Waals surface area (Å²) in [6, 6.07) is 12.1. The molecule has 2 aromatic rings. The quantitative estimate of drug-likeness (QED) is 0.281. The summed E-state index contributed by atoms with van der Waals surface area (Å²) in [5, 5.41) is 20.7. The van der Waals surface area contributed by atoms with Crippen LogP contribution in [-0.4, -0.2) is 71.6 Å². The lowest BCUT2D eigenvalue weighted by Gasteiger charge is -2.53. The number of hydrogen-bond donors (Lipinski definition) is 3. The molecule has 0 saturated carbocycles. The number of nitrogens with one attached hydrogen (secondary N) is 2. The first-order valence-electron chi connectivity index (χ1n) is 13.7. The molecule has 2 atom stereocenters. The van der Waals surface area contributed by atoms with Gasteiger partial charge in [0.05, 0.1) is 12.2 Å². The fourth-order valence-corrected chi connectivity index (χ4v) is 5.22. The molecule has 1 aliphatic rings. The van der Waals surface area contributed by atoms with E-state index in [1.807, 2.05) is 44.8 Å². The molecule has 11 heteroatoms. The van der Waals surface area contributed by atoms with E-state index >= 15 is 0 Å². The Hall–Kier alpha value is -3.47. The molecule has 3 N–H and O–H groups in total. The van der Waals surface area contributed by atoms with E-state index in [0.717, 1.165) is 11.8 Å². The molecule has 2 aromatic carbocycles. The molecule has 0 spiro atoms. The molecule has 1 aliphatic heterocycles. The molecule has 0 radical (unpaired) electrons. The van der Waals surface area contributed by atoms with Crippen molar-refractivity contribution in [1.82, 2.24) is 15.3 Å². The third kappa shape index (κ3) is 7.44. The summed E-state index contributed by atoms with van der Waals surface area (Å²) in [5.41, 5.74) is -0.557. The molecule has 1 fully saturated rings. The van der Waals surface area contributed by atoms with Crippen LogP contribution in [0.2, 0.25) is 5.02 Å². The highest BCUT2D eigenvalue weighted by molar-refractivity contribution is 6.30. The third-order valence-electron chi connectivity index (χ3n) is 7.43. The molecule has 3 amide bonds. The van der Waals surface area contributed by atoms with Gasteiger partial charge < -0.3 is 25.3 Å². The molecule has 1 heterocycles. The van der Waals surface area contributed by atoms with Gasteiger partial charge in [-0.2, -0.15) is 0 Å². The Kier molecular flexibility index (Phi) is 10.5. The van der Waals surface area contributed by atoms with E-state index in [1.165, 1.54) is 11.1 Å². The van der Waals surface area contributed by atoms with Crippen LogP contribution in [0, 0.1) is 11.3 Å². The Bertz CT molecular complexity index is 1250. The topological polar surface area (TPSA) is 128 Å². The molecule has 0 unspecified atom stereocenters. The van der Waals surface area contributed by atoms with Gasteiger partial charge in [0.2, 0.25) is 0 Å². The molecule has 10 nitrogen and oxygen atoms in total. The van der Waals surface area contributed by atoms with Crippen LogP contribution in [-0.2, 0) is 19.9 Å². The highest BCUT2D eigenvalue weighted by Crippen LogP contribution is 2.46. The number of hydrazine groups is 1. The van der Waals surface area contributed by atoms with E-state index in [9.17, 15) is 24.3 Å². The summed E-state index contributed by atoms with van der Waals surface area (Å²) in [7, 11) is 0. The molecular formula is C30H39ClN4O6. The van der Waals surface area contributed by atoms with Crippen molar-refractivity contribution in [1.29, 1.82) is 0 Å². The number of amides is 3. The van der Waals surface area contributed by atoms with Crippen LogP contribution >= 0.6 is 11.6 Å². The summed E-state index contributed by atoms with van der Waals surface area (Å²) in [4.78, 5) is 50.1. The van der Waals surface area contributed by atoms with Gasteiger partial charge in [0.15, 0.2) is 0 Å². The SMILES string of the molecule is CCOC(=O)CNC(=O)Nc1cccc(C(=O)N([C@@H](C=O)C(C)C)N2CC[C@](O)(c3ccc(Cl)cc3)C(C)(C)C2)c1. The molecule has 41 heavy (non-hydrogen) atoms. The number of benzene rings is 2. The minimum atomic E-state index is -1.18. The highest BCUT2D eigenvalue weighted by atomic mass is 35.5. The first-order valence-corrected chi connectivity index (χ1v) is 14.0. The minimum absolute atomic E-state index is 0.188. The van der Waals surface area contributed by atoms with Crippen molar-refractivity contribution >= 4 is 41.5 Å². The molecular weight excluding hydrogens is 548 g/mol. The summed E-state index contributed by atoms with van der Waals surface area (Å²) < 4.78 is 4.80. The van der Waals surface area contributed by atoms with Crippen molar-refractivity contribution in [3.63, 3.8) is 0 Å². The van der Waals surface area contributed by atoms with Crippen LogP contribution in [0.15, 0.2) is 48.5 Å². The number of carbonyl (C=O) groups excluding carboxylic acids is 4. The van der Waals surface area contributed by atoms with Crippen LogP contribution < -0.4 is 10.6 Å². The Morgan fingerprint density at radius 2 is 1.85 bits per heavy atom. The van der Waals surface area contributed by atoms with Gasteiger partial charge in [-0.05, 0) is 55.2 Å². The number of urea groups is 1. The smallest absolute Gasteiger partial charge is 0.325 e. The number of halogens is 1. The Morgan fingerprint density at radius 3 is 2.44 bits per heavy atom. The largest absolute Gasteiger partial charge is 0.465 e. The van der Waals surface area contributed by atoms with Gasteiger partial charge >= 0.3 is 12.0 Å². The lowest BCUT2D eigenvalue weighted by Crippen LogP contribution is -2.63. The minimum Gasteiger partial charge on any atom is -0.465 e. The van der Waals surface area contributed by atoms with Crippen molar-refractivity contribution in [2.45, 2.75) is 52.7 Å². The average molecular weight is 587 g/mol. The van der Waals surface area contributed by atoms with E-state index in [4.69, 9.17) is 16.3 Å². The van der Waals surface area contributed by atoms with E-state index in [2.05, 4.69) is 10.6 Å². The number of hydrogen-bond acceptors (Lipinski definition) is 7. The monoisotopic (exact) mass is 586 g/mol. The van der Waals surface area contributed by atoms with E-state index in [-0.39, 0.29) is 24.6 Å². The molecule has 222 valence electrons. The summed E-state index contributed by atoms with van der Waals surface area (Å²) in [6.07, 6.45) is 1.08. The number of rotatable bonds is 10. The van der Waals surface area contributed by atoms with E-state index in [1.54, 1.807) is 37.3 Å². The van der Waals surface area contributed by atoms with Crippen molar-refractivity contribution in [3.8, 4) is 0 Å². The van der Waals surface area contributed by atoms with Crippen LogP contribution in [0.1, 0.15) is 57.0 Å². The van der Waals surface area contributed by atoms with Gasteiger partial charge in [0.1, 0.15) is 18.9 Å². The Balaban J connectivity index is 1.86. The van der Waals surface area contributed by atoms with Crippen molar-refractivity contribution < 1.29 is 29.0 Å². The number of anilines is 1. The first kappa shape index (κ1) is 32.0. The van der Waals surface area contributed by atoms with Gasteiger partial charge in [-0.15, -0.1) is 0 Å². The van der Waals surface area contributed by atoms with Gasteiger partial charge in [-0.1, -0.05) is 57.5 Å².